The lowest BCUT2D eigenvalue weighted by molar-refractivity contribution is -0.119. The Morgan fingerprint density at radius 2 is 1.82 bits per heavy atom. The summed E-state index contributed by atoms with van der Waals surface area (Å²) in [4.78, 5) is 31.7. The molecule has 0 bridgehead atoms. The topological polar surface area (TPSA) is 97.6 Å². The van der Waals surface area contributed by atoms with Gasteiger partial charge in [-0.1, -0.05) is 41.9 Å². The second-order valence-corrected chi connectivity index (χ2v) is 7.61. The van der Waals surface area contributed by atoms with Crippen molar-refractivity contribution >= 4 is 40.6 Å². The predicted octanol–water partition coefficient (Wildman–Crippen LogP) is 4.31. The normalized spacial score (nSPS) is 15.1. The van der Waals surface area contributed by atoms with Gasteiger partial charge in [-0.05, 0) is 36.4 Å². The number of carbonyl (C=O) groups excluding carboxylic acids is 2. The Kier molecular flexibility index (Phi) is 6.07. The highest BCUT2D eigenvalue weighted by atomic mass is 35.5. The number of para-hydroxylation sites is 1. The third kappa shape index (κ3) is 4.40. The van der Waals surface area contributed by atoms with E-state index in [1.54, 1.807) is 49.5 Å². The number of halogens is 2. The van der Waals surface area contributed by atoms with Gasteiger partial charge in [-0.2, -0.15) is 5.26 Å². The summed E-state index contributed by atoms with van der Waals surface area (Å²) in [7, 11) is 1.55. The van der Waals surface area contributed by atoms with Crippen LogP contribution in [-0.2, 0) is 4.79 Å². The lowest BCUT2D eigenvalue weighted by Crippen LogP contribution is -2.47. The number of urea groups is 1. The van der Waals surface area contributed by atoms with Crippen LogP contribution in [0.3, 0.4) is 0 Å². The Bertz CT molecular complexity index is 1330. The maximum atomic E-state index is 14.7. The summed E-state index contributed by atoms with van der Waals surface area (Å²) >= 11 is 5.97. The Morgan fingerprint density at radius 3 is 2.55 bits per heavy atom. The predicted molar refractivity (Wildman–Crippen MR) is 124 cm³/mol. The molecule has 4 rings (SSSR count). The Morgan fingerprint density at radius 1 is 1.12 bits per heavy atom. The average molecular weight is 462 g/mol. The molecule has 0 spiro atoms. The lowest BCUT2D eigenvalue weighted by atomic mass is 10.00. The maximum absolute atomic E-state index is 14.7. The van der Waals surface area contributed by atoms with Gasteiger partial charge >= 0.3 is 6.03 Å². The van der Waals surface area contributed by atoms with Crippen LogP contribution in [0.4, 0.5) is 20.6 Å². The van der Waals surface area contributed by atoms with Crippen LogP contribution in [0, 0.1) is 17.1 Å². The fourth-order valence-electron chi connectivity index (χ4n) is 3.48. The quantitative estimate of drug-likeness (QED) is 0.608. The van der Waals surface area contributed by atoms with Gasteiger partial charge in [0.25, 0.3) is 5.91 Å². The number of benzodiazepines with no additional fused rings is 1. The van der Waals surface area contributed by atoms with Crippen LogP contribution in [0.2, 0.25) is 5.02 Å². The molecule has 0 fully saturated rings. The van der Waals surface area contributed by atoms with Crippen LogP contribution < -0.4 is 15.5 Å². The highest BCUT2D eigenvalue weighted by molar-refractivity contribution is 6.31. The number of amides is 3. The Labute approximate surface area is 194 Å². The first-order valence-electron chi connectivity index (χ1n) is 9.86. The number of nitriles is 1. The molecule has 0 radical (unpaired) electrons. The highest BCUT2D eigenvalue weighted by Gasteiger charge is 2.31. The molecule has 33 heavy (non-hydrogen) atoms. The molecule has 1 unspecified atom stereocenters. The first-order chi connectivity index (χ1) is 15.9. The van der Waals surface area contributed by atoms with E-state index in [9.17, 15) is 19.2 Å². The van der Waals surface area contributed by atoms with Gasteiger partial charge in [0.2, 0.25) is 6.17 Å². The van der Waals surface area contributed by atoms with Crippen molar-refractivity contribution < 1.29 is 14.0 Å². The van der Waals surface area contributed by atoms with Crippen molar-refractivity contribution in [1.29, 1.82) is 5.26 Å². The summed E-state index contributed by atoms with van der Waals surface area (Å²) in [5.74, 6) is -1.03. The van der Waals surface area contributed by atoms with E-state index < -0.39 is 23.9 Å². The number of hydrogen-bond acceptors (Lipinski definition) is 4. The second-order valence-electron chi connectivity index (χ2n) is 7.17. The molecule has 0 aliphatic carbocycles. The zero-order valence-electron chi connectivity index (χ0n) is 17.3. The monoisotopic (exact) mass is 461 g/mol. The smallest absolute Gasteiger partial charge is 0.311 e. The minimum atomic E-state index is -1.35. The van der Waals surface area contributed by atoms with Gasteiger partial charge in [-0.15, -0.1) is 0 Å². The number of benzene rings is 3. The molecule has 3 aromatic carbocycles. The fraction of sp³-hybridized carbons (Fsp3) is 0.0833. The number of rotatable bonds is 3. The molecule has 7 nitrogen and oxygen atoms in total. The molecular weight excluding hydrogens is 445 g/mol. The summed E-state index contributed by atoms with van der Waals surface area (Å²) in [6.07, 6.45) is -1.35. The van der Waals surface area contributed by atoms with Crippen molar-refractivity contribution in [1.82, 2.24) is 5.32 Å². The summed E-state index contributed by atoms with van der Waals surface area (Å²) in [5, 5.41) is 14.6. The molecule has 1 aliphatic rings. The zero-order valence-corrected chi connectivity index (χ0v) is 18.1. The average Bonchev–Trinajstić information content (AvgIpc) is 2.90. The van der Waals surface area contributed by atoms with E-state index >= 15 is 0 Å². The number of hydrogen-bond donors (Lipinski definition) is 2. The van der Waals surface area contributed by atoms with Gasteiger partial charge in [0.1, 0.15) is 11.9 Å². The van der Waals surface area contributed by atoms with Crippen LogP contribution in [0.1, 0.15) is 16.7 Å². The summed E-state index contributed by atoms with van der Waals surface area (Å²) < 4.78 is 14.7. The fourth-order valence-corrected chi connectivity index (χ4v) is 3.66. The summed E-state index contributed by atoms with van der Waals surface area (Å²) in [5.41, 5.74) is 1.87. The Balaban J connectivity index is 1.72. The first-order valence-corrected chi connectivity index (χ1v) is 10.2. The van der Waals surface area contributed by atoms with Crippen molar-refractivity contribution in [2.75, 3.05) is 17.3 Å². The van der Waals surface area contributed by atoms with E-state index in [1.807, 2.05) is 6.07 Å². The van der Waals surface area contributed by atoms with Gasteiger partial charge < -0.3 is 15.5 Å². The molecule has 1 atom stereocenters. The van der Waals surface area contributed by atoms with E-state index in [1.165, 1.54) is 29.2 Å². The molecule has 164 valence electrons. The third-order valence-corrected chi connectivity index (χ3v) is 5.33. The van der Waals surface area contributed by atoms with Crippen LogP contribution in [0.15, 0.2) is 71.7 Å². The molecule has 1 aliphatic heterocycles. The third-order valence-electron chi connectivity index (χ3n) is 5.09. The zero-order chi connectivity index (χ0) is 23.5. The molecule has 3 aromatic rings. The second kappa shape index (κ2) is 9.10. The van der Waals surface area contributed by atoms with Crippen LogP contribution in [0.25, 0.3) is 0 Å². The minimum absolute atomic E-state index is 0.179. The molecule has 0 saturated carbocycles. The molecule has 0 saturated heterocycles. The number of aliphatic imine (C=N–C) groups is 1. The van der Waals surface area contributed by atoms with Crippen LogP contribution >= 0.6 is 11.6 Å². The highest BCUT2D eigenvalue weighted by Crippen LogP contribution is 2.28. The summed E-state index contributed by atoms with van der Waals surface area (Å²) in [6, 6.07) is 18.6. The van der Waals surface area contributed by atoms with Crippen LogP contribution in [0.5, 0.6) is 0 Å². The van der Waals surface area contributed by atoms with Crippen molar-refractivity contribution in [2.45, 2.75) is 6.17 Å². The van der Waals surface area contributed by atoms with Crippen molar-refractivity contribution in [3.8, 4) is 6.07 Å². The van der Waals surface area contributed by atoms with Gasteiger partial charge in [0.15, 0.2) is 0 Å². The van der Waals surface area contributed by atoms with E-state index in [0.29, 0.717) is 16.3 Å². The van der Waals surface area contributed by atoms with E-state index in [4.69, 9.17) is 11.6 Å². The number of nitrogens with zero attached hydrogens (tertiary/aromatic N) is 3. The number of fused-ring (bicyclic) bond motifs is 1. The summed E-state index contributed by atoms with van der Waals surface area (Å²) in [6.45, 7) is 0. The molecule has 0 aromatic heterocycles. The first kappa shape index (κ1) is 22.0. The Hall–Kier alpha value is -4.22. The van der Waals surface area contributed by atoms with Gasteiger partial charge in [0, 0.05) is 23.2 Å². The van der Waals surface area contributed by atoms with Crippen molar-refractivity contribution in [2.24, 2.45) is 4.99 Å². The largest absolute Gasteiger partial charge is 0.321 e. The number of nitrogens with one attached hydrogen (secondary N) is 2. The number of anilines is 2. The van der Waals surface area contributed by atoms with E-state index in [2.05, 4.69) is 15.6 Å². The lowest BCUT2D eigenvalue weighted by Gasteiger charge is -2.21. The van der Waals surface area contributed by atoms with Gasteiger partial charge in [-0.3, -0.25) is 4.79 Å². The molecule has 2 N–H and O–H groups in total. The van der Waals surface area contributed by atoms with Crippen molar-refractivity contribution in [3.63, 3.8) is 0 Å². The van der Waals surface area contributed by atoms with E-state index in [0.717, 1.165) is 0 Å². The van der Waals surface area contributed by atoms with Crippen LogP contribution in [-0.4, -0.2) is 30.9 Å². The SMILES string of the molecule is CN1C(=O)C(NC(=O)Nc2cc(Cl)ccc2C#N)N=C(c2ccccc2F)c2ccccc21. The number of likely N-dealkylation sites (N-methyl/N-ethyl adjacent to an activating group) is 1. The molecular formula is C24H17ClFN5O2. The molecule has 9 heteroatoms. The van der Waals surface area contributed by atoms with Gasteiger partial charge in [0.05, 0.1) is 22.6 Å². The van der Waals surface area contributed by atoms with Crippen molar-refractivity contribution in [3.05, 3.63) is 94.3 Å². The van der Waals surface area contributed by atoms with E-state index in [-0.39, 0.29) is 22.5 Å². The van der Waals surface area contributed by atoms with Gasteiger partial charge in [-0.25, -0.2) is 14.2 Å². The molecule has 1 heterocycles. The minimum Gasteiger partial charge on any atom is -0.311 e. The number of carbonyl (C=O) groups is 2. The standard InChI is InChI=1S/C24H17ClFN5O2/c1-31-20-9-5-3-7-17(20)21(16-6-2-4-8-18(16)26)29-22(23(31)32)30-24(33)28-19-12-15(25)11-10-14(19)13-27/h2-12,22H,1H3,(H2,28,30,33). The maximum Gasteiger partial charge on any atom is 0.321 e. The molecule has 3 amide bonds.